The Hall–Kier alpha value is -1.07. The molecule has 4 nitrogen and oxygen atoms in total. The molecule has 20 heavy (non-hydrogen) atoms. The smallest absolute Gasteiger partial charge is 0.234 e. The molecule has 1 aromatic carbocycles. The third-order valence-electron chi connectivity index (χ3n) is 3.62. The molecule has 1 aliphatic rings. The van der Waals surface area contributed by atoms with Gasteiger partial charge in [-0.3, -0.25) is 4.31 Å². The molecular formula is C15H24N2O2S. The Balaban J connectivity index is 1.81. The van der Waals surface area contributed by atoms with Crippen LogP contribution in [0.1, 0.15) is 31.2 Å². The van der Waals surface area contributed by atoms with Gasteiger partial charge in [-0.1, -0.05) is 12.1 Å². The summed E-state index contributed by atoms with van der Waals surface area (Å²) in [6.45, 7) is 2.89. The van der Waals surface area contributed by atoms with Crippen molar-refractivity contribution in [3.05, 3.63) is 29.8 Å². The first-order valence-electron chi connectivity index (χ1n) is 7.26. The van der Waals surface area contributed by atoms with Gasteiger partial charge in [0.05, 0.1) is 11.4 Å². The Morgan fingerprint density at radius 1 is 1.30 bits per heavy atom. The monoisotopic (exact) mass is 296 g/mol. The lowest BCUT2D eigenvalue weighted by Gasteiger charge is -2.19. The summed E-state index contributed by atoms with van der Waals surface area (Å²) in [5, 5.41) is 3.40. The van der Waals surface area contributed by atoms with Gasteiger partial charge in [-0.15, -0.1) is 0 Å². The van der Waals surface area contributed by atoms with Crippen LogP contribution in [0.3, 0.4) is 0 Å². The molecule has 0 heterocycles. The van der Waals surface area contributed by atoms with E-state index in [1.54, 1.807) is 7.05 Å². The fraction of sp³-hybridized carbons (Fsp3) is 0.600. The number of hydrogen-bond donors (Lipinski definition) is 1. The molecule has 1 N–H and O–H groups in total. The molecule has 1 saturated carbocycles. The minimum atomic E-state index is -3.21. The molecule has 5 heteroatoms. The van der Waals surface area contributed by atoms with E-state index in [1.165, 1.54) is 17.1 Å². The third-order valence-corrected chi connectivity index (χ3v) is 5.47. The van der Waals surface area contributed by atoms with Crippen LogP contribution < -0.4 is 9.62 Å². The second-order valence-electron chi connectivity index (χ2n) is 5.56. The van der Waals surface area contributed by atoms with E-state index in [0.29, 0.717) is 12.5 Å². The Kier molecular flexibility index (Phi) is 5.05. The fourth-order valence-electron chi connectivity index (χ4n) is 2.12. The van der Waals surface area contributed by atoms with Crippen LogP contribution in [-0.4, -0.2) is 33.8 Å². The zero-order chi connectivity index (χ0) is 14.6. The van der Waals surface area contributed by atoms with Crippen LogP contribution in [0, 0.1) is 6.92 Å². The second kappa shape index (κ2) is 6.59. The van der Waals surface area contributed by atoms with Crippen molar-refractivity contribution in [1.82, 2.24) is 5.32 Å². The highest BCUT2D eigenvalue weighted by atomic mass is 32.2. The van der Waals surface area contributed by atoms with Crippen LogP contribution in [0.5, 0.6) is 0 Å². The molecule has 0 unspecified atom stereocenters. The van der Waals surface area contributed by atoms with Gasteiger partial charge in [0.25, 0.3) is 0 Å². The van der Waals surface area contributed by atoms with Crippen molar-refractivity contribution in [2.24, 2.45) is 0 Å². The van der Waals surface area contributed by atoms with E-state index in [9.17, 15) is 8.42 Å². The fourth-order valence-corrected chi connectivity index (χ4v) is 3.40. The summed E-state index contributed by atoms with van der Waals surface area (Å²) in [5.74, 6) is 0.212. The highest BCUT2D eigenvalue weighted by Gasteiger charge is 2.20. The van der Waals surface area contributed by atoms with Crippen molar-refractivity contribution in [3.63, 3.8) is 0 Å². The minimum absolute atomic E-state index is 0.212. The van der Waals surface area contributed by atoms with Crippen LogP contribution in [0.4, 0.5) is 5.69 Å². The van der Waals surface area contributed by atoms with Crippen LogP contribution >= 0.6 is 0 Å². The number of hydrogen-bond acceptors (Lipinski definition) is 3. The predicted octanol–water partition coefficient (Wildman–Crippen LogP) is 2.29. The average Bonchev–Trinajstić information content (AvgIpc) is 3.21. The van der Waals surface area contributed by atoms with Gasteiger partial charge in [-0.2, -0.15) is 0 Å². The summed E-state index contributed by atoms with van der Waals surface area (Å²) in [7, 11) is -1.58. The average molecular weight is 296 g/mol. The lowest BCUT2D eigenvalue weighted by Crippen LogP contribution is -2.29. The maximum atomic E-state index is 12.3. The summed E-state index contributed by atoms with van der Waals surface area (Å²) in [4.78, 5) is 0. The van der Waals surface area contributed by atoms with Gasteiger partial charge in [0, 0.05) is 13.1 Å². The minimum Gasteiger partial charge on any atom is -0.314 e. The van der Waals surface area contributed by atoms with Gasteiger partial charge in [0.2, 0.25) is 10.0 Å². The zero-order valence-electron chi connectivity index (χ0n) is 12.3. The Bertz CT molecular complexity index is 539. The van der Waals surface area contributed by atoms with Crippen LogP contribution in [0.25, 0.3) is 0 Å². The highest BCUT2D eigenvalue weighted by Crippen LogP contribution is 2.19. The first kappa shape index (κ1) is 15.3. The molecule has 0 saturated heterocycles. The summed E-state index contributed by atoms with van der Waals surface area (Å²) < 4.78 is 25.9. The van der Waals surface area contributed by atoms with Crippen LogP contribution in [-0.2, 0) is 10.0 Å². The summed E-state index contributed by atoms with van der Waals surface area (Å²) in [6, 6.07) is 8.27. The molecule has 0 aliphatic heterocycles. The van der Waals surface area contributed by atoms with Gasteiger partial charge in [0.15, 0.2) is 0 Å². The van der Waals surface area contributed by atoms with Crippen molar-refractivity contribution in [2.45, 2.75) is 38.6 Å². The molecule has 1 aliphatic carbocycles. The largest absolute Gasteiger partial charge is 0.314 e. The molecule has 112 valence electrons. The maximum Gasteiger partial charge on any atom is 0.234 e. The highest BCUT2D eigenvalue weighted by molar-refractivity contribution is 7.92. The molecule has 0 aromatic heterocycles. The standard InChI is InChI=1S/C15H24N2O2S/c1-13-6-5-7-15(12-13)17(2)20(18,19)11-4-3-10-16-14-8-9-14/h5-7,12,14,16H,3-4,8-11H2,1-2H3. The number of benzene rings is 1. The van der Waals surface area contributed by atoms with E-state index in [2.05, 4.69) is 5.32 Å². The Morgan fingerprint density at radius 2 is 2.05 bits per heavy atom. The molecule has 0 spiro atoms. The summed E-state index contributed by atoms with van der Waals surface area (Å²) in [6.07, 6.45) is 4.17. The van der Waals surface area contributed by atoms with Gasteiger partial charge >= 0.3 is 0 Å². The number of nitrogens with one attached hydrogen (secondary N) is 1. The van der Waals surface area contributed by atoms with Gasteiger partial charge in [0.1, 0.15) is 0 Å². The van der Waals surface area contributed by atoms with Crippen molar-refractivity contribution < 1.29 is 8.42 Å². The molecule has 0 bridgehead atoms. The number of rotatable bonds is 8. The number of unbranched alkanes of at least 4 members (excludes halogenated alkanes) is 1. The van der Waals surface area contributed by atoms with Gasteiger partial charge < -0.3 is 5.32 Å². The Morgan fingerprint density at radius 3 is 2.70 bits per heavy atom. The summed E-state index contributed by atoms with van der Waals surface area (Å²) >= 11 is 0. The topological polar surface area (TPSA) is 49.4 Å². The molecule has 1 fully saturated rings. The van der Waals surface area contributed by atoms with E-state index < -0.39 is 10.0 Å². The summed E-state index contributed by atoms with van der Waals surface area (Å²) in [5.41, 5.74) is 1.80. The molecular weight excluding hydrogens is 272 g/mol. The first-order chi connectivity index (χ1) is 9.49. The number of anilines is 1. The lowest BCUT2D eigenvalue weighted by molar-refractivity contribution is 0.584. The molecule has 0 radical (unpaired) electrons. The normalized spacial score (nSPS) is 15.3. The number of nitrogens with zero attached hydrogens (tertiary/aromatic N) is 1. The molecule has 0 atom stereocenters. The first-order valence-corrected chi connectivity index (χ1v) is 8.86. The third kappa shape index (κ3) is 4.49. The van der Waals surface area contributed by atoms with Gasteiger partial charge in [-0.05, 0) is 56.8 Å². The van der Waals surface area contributed by atoms with Crippen molar-refractivity contribution in [3.8, 4) is 0 Å². The van der Waals surface area contributed by atoms with Crippen molar-refractivity contribution in [2.75, 3.05) is 23.7 Å². The lowest BCUT2D eigenvalue weighted by atomic mass is 10.2. The number of sulfonamides is 1. The van der Waals surface area contributed by atoms with Crippen LogP contribution in [0.2, 0.25) is 0 Å². The quantitative estimate of drug-likeness (QED) is 0.749. The van der Waals surface area contributed by atoms with E-state index >= 15 is 0 Å². The van der Waals surface area contributed by atoms with Crippen molar-refractivity contribution in [1.29, 1.82) is 0 Å². The van der Waals surface area contributed by atoms with Gasteiger partial charge in [-0.25, -0.2) is 8.42 Å². The predicted molar refractivity (Wildman–Crippen MR) is 83.6 cm³/mol. The SMILES string of the molecule is Cc1cccc(N(C)S(=O)(=O)CCCCNC2CC2)c1. The van der Waals surface area contributed by atoms with E-state index in [0.717, 1.165) is 24.2 Å². The second-order valence-corrected chi connectivity index (χ2v) is 7.68. The molecule has 0 amide bonds. The maximum absolute atomic E-state index is 12.3. The van der Waals surface area contributed by atoms with Crippen molar-refractivity contribution >= 4 is 15.7 Å². The van der Waals surface area contributed by atoms with E-state index in [1.807, 2.05) is 31.2 Å². The van der Waals surface area contributed by atoms with Crippen LogP contribution in [0.15, 0.2) is 24.3 Å². The van der Waals surface area contributed by atoms with E-state index in [-0.39, 0.29) is 5.75 Å². The molecule has 1 aromatic rings. The number of aryl methyl sites for hydroxylation is 1. The zero-order valence-corrected chi connectivity index (χ0v) is 13.1. The van der Waals surface area contributed by atoms with E-state index in [4.69, 9.17) is 0 Å². The molecule has 2 rings (SSSR count). The Labute approximate surface area is 122 Å².